The minimum absolute atomic E-state index is 0.0396. The Morgan fingerprint density at radius 3 is 2.14 bits per heavy atom. The predicted molar refractivity (Wildman–Crippen MR) is 57.5 cm³/mol. The summed E-state index contributed by atoms with van der Waals surface area (Å²) in [5.41, 5.74) is 7.18. The Morgan fingerprint density at radius 2 is 1.79 bits per heavy atom. The van der Waals surface area contributed by atoms with Crippen LogP contribution in [-0.2, 0) is 10.0 Å². The Bertz CT molecular complexity index is 395. The zero-order valence-electron chi connectivity index (χ0n) is 8.19. The number of sulfonamides is 1. The van der Waals surface area contributed by atoms with E-state index in [-0.39, 0.29) is 6.04 Å². The summed E-state index contributed by atoms with van der Waals surface area (Å²) in [5, 5.41) is 0. The molecule has 0 aliphatic carbocycles. The van der Waals surface area contributed by atoms with Crippen LogP contribution in [0.2, 0.25) is 0 Å². The first-order valence-corrected chi connectivity index (χ1v) is 6.11. The van der Waals surface area contributed by atoms with Gasteiger partial charge in [-0.3, -0.25) is 4.72 Å². The van der Waals surface area contributed by atoms with Gasteiger partial charge in [0, 0.05) is 11.7 Å². The van der Waals surface area contributed by atoms with Crippen LogP contribution in [0.4, 0.5) is 5.69 Å². The van der Waals surface area contributed by atoms with Crippen LogP contribution < -0.4 is 10.5 Å². The van der Waals surface area contributed by atoms with E-state index in [4.69, 9.17) is 5.73 Å². The van der Waals surface area contributed by atoms with Crippen LogP contribution in [0.25, 0.3) is 0 Å². The molecule has 0 radical (unpaired) electrons. The van der Waals surface area contributed by atoms with Gasteiger partial charge in [0.05, 0.1) is 6.26 Å². The van der Waals surface area contributed by atoms with Crippen LogP contribution in [0.15, 0.2) is 24.3 Å². The highest BCUT2D eigenvalue weighted by atomic mass is 32.2. The molecule has 1 aromatic carbocycles. The van der Waals surface area contributed by atoms with Gasteiger partial charge in [-0.1, -0.05) is 12.1 Å². The van der Waals surface area contributed by atoms with Gasteiger partial charge < -0.3 is 5.73 Å². The second-order valence-corrected chi connectivity index (χ2v) is 5.03. The van der Waals surface area contributed by atoms with Gasteiger partial charge in [0.15, 0.2) is 0 Å². The van der Waals surface area contributed by atoms with E-state index in [1.54, 1.807) is 24.3 Å². The van der Waals surface area contributed by atoms with Crippen molar-refractivity contribution in [1.29, 1.82) is 0 Å². The highest BCUT2D eigenvalue weighted by molar-refractivity contribution is 7.92. The van der Waals surface area contributed by atoms with E-state index in [9.17, 15) is 8.42 Å². The monoisotopic (exact) mass is 214 g/mol. The molecule has 0 aliphatic heterocycles. The number of benzene rings is 1. The number of hydrogen-bond donors (Lipinski definition) is 2. The molecule has 0 spiro atoms. The van der Waals surface area contributed by atoms with Crippen molar-refractivity contribution in [3.8, 4) is 0 Å². The van der Waals surface area contributed by atoms with Gasteiger partial charge in [-0.25, -0.2) is 8.42 Å². The molecule has 0 aliphatic rings. The molecular weight excluding hydrogens is 200 g/mol. The lowest BCUT2D eigenvalue weighted by Crippen LogP contribution is -2.10. The number of anilines is 1. The summed E-state index contributed by atoms with van der Waals surface area (Å²) in [6.45, 7) is 1.87. The van der Waals surface area contributed by atoms with Crippen molar-refractivity contribution in [2.75, 3.05) is 11.0 Å². The van der Waals surface area contributed by atoms with Crippen molar-refractivity contribution in [2.45, 2.75) is 13.0 Å². The first kappa shape index (κ1) is 11.0. The molecule has 1 atom stereocenters. The van der Waals surface area contributed by atoms with Crippen LogP contribution in [0.3, 0.4) is 0 Å². The highest BCUT2D eigenvalue weighted by Gasteiger charge is 2.02. The first-order chi connectivity index (χ1) is 6.38. The van der Waals surface area contributed by atoms with Gasteiger partial charge in [-0.2, -0.15) is 0 Å². The van der Waals surface area contributed by atoms with Crippen molar-refractivity contribution in [1.82, 2.24) is 0 Å². The lowest BCUT2D eigenvalue weighted by molar-refractivity contribution is 0.607. The van der Waals surface area contributed by atoms with Crippen molar-refractivity contribution in [2.24, 2.45) is 5.73 Å². The Labute approximate surface area is 84.2 Å². The van der Waals surface area contributed by atoms with Crippen molar-refractivity contribution >= 4 is 15.7 Å². The van der Waals surface area contributed by atoms with Gasteiger partial charge in [0.25, 0.3) is 0 Å². The smallest absolute Gasteiger partial charge is 0.229 e. The SMILES string of the molecule is C[C@H](N)c1ccc(NS(C)(=O)=O)cc1. The Hall–Kier alpha value is -1.07. The maximum atomic E-state index is 10.9. The summed E-state index contributed by atoms with van der Waals surface area (Å²) in [5.74, 6) is 0. The highest BCUT2D eigenvalue weighted by Crippen LogP contribution is 2.14. The third kappa shape index (κ3) is 3.35. The molecule has 78 valence electrons. The number of rotatable bonds is 3. The average Bonchev–Trinajstić information content (AvgIpc) is 2.02. The minimum Gasteiger partial charge on any atom is -0.324 e. The van der Waals surface area contributed by atoms with Gasteiger partial charge in [0.1, 0.15) is 0 Å². The fourth-order valence-corrected chi connectivity index (χ4v) is 1.63. The molecule has 0 aromatic heterocycles. The van der Waals surface area contributed by atoms with E-state index in [0.29, 0.717) is 5.69 Å². The quantitative estimate of drug-likeness (QED) is 0.790. The Balaban J connectivity index is 2.84. The Morgan fingerprint density at radius 1 is 1.29 bits per heavy atom. The largest absolute Gasteiger partial charge is 0.324 e. The van der Waals surface area contributed by atoms with Gasteiger partial charge in [-0.15, -0.1) is 0 Å². The molecule has 0 amide bonds. The maximum Gasteiger partial charge on any atom is 0.229 e. The zero-order valence-corrected chi connectivity index (χ0v) is 9.01. The summed E-state index contributed by atoms with van der Waals surface area (Å²) >= 11 is 0. The average molecular weight is 214 g/mol. The van der Waals surface area contributed by atoms with Crippen LogP contribution in [0.1, 0.15) is 18.5 Å². The molecule has 0 unspecified atom stereocenters. The second kappa shape index (κ2) is 3.98. The summed E-state index contributed by atoms with van der Waals surface area (Å²) in [6.07, 6.45) is 1.12. The molecule has 3 N–H and O–H groups in total. The molecule has 0 bridgehead atoms. The van der Waals surface area contributed by atoms with Gasteiger partial charge >= 0.3 is 0 Å². The number of hydrogen-bond acceptors (Lipinski definition) is 3. The van der Waals surface area contributed by atoms with Crippen LogP contribution in [0.5, 0.6) is 0 Å². The van der Waals surface area contributed by atoms with E-state index in [1.807, 2.05) is 6.92 Å². The fourth-order valence-electron chi connectivity index (χ4n) is 1.07. The number of nitrogens with two attached hydrogens (primary N) is 1. The molecule has 4 nitrogen and oxygen atoms in total. The Kier molecular flexibility index (Phi) is 3.13. The van der Waals surface area contributed by atoms with E-state index >= 15 is 0 Å². The lowest BCUT2D eigenvalue weighted by atomic mass is 10.1. The summed E-state index contributed by atoms with van der Waals surface area (Å²) in [7, 11) is -3.19. The lowest BCUT2D eigenvalue weighted by Gasteiger charge is -2.07. The third-order valence-corrected chi connectivity index (χ3v) is 2.35. The van der Waals surface area contributed by atoms with Crippen molar-refractivity contribution < 1.29 is 8.42 Å². The standard InChI is InChI=1S/C9H14N2O2S/c1-7(10)8-3-5-9(6-4-8)11-14(2,12)13/h3-7,11H,10H2,1-2H3/t7-/m0/s1. The normalized spacial score (nSPS) is 13.6. The molecule has 0 fully saturated rings. The van der Waals surface area contributed by atoms with E-state index < -0.39 is 10.0 Å². The molecule has 5 heteroatoms. The number of nitrogens with one attached hydrogen (secondary N) is 1. The van der Waals surface area contributed by atoms with Crippen molar-refractivity contribution in [3.63, 3.8) is 0 Å². The minimum atomic E-state index is -3.19. The van der Waals surface area contributed by atoms with Crippen LogP contribution in [-0.4, -0.2) is 14.7 Å². The molecule has 1 rings (SSSR count). The fraction of sp³-hybridized carbons (Fsp3) is 0.333. The maximum absolute atomic E-state index is 10.9. The molecule has 0 saturated carbocycles. The van der Waals surface area contributed by atoms with Crippen molar-refractivity contribution in [3.05, 3.63) is 29.8 Å². The van der Waals surface area contributed by atoms with Gasteiger partial charge in [0.2, 0.25) is 10.0 Å². The van der Waals surface area contributed by atoms with Crippen LogP contribution in [0, 0.1) is 0 Å². The van der Waals surface area contributed by atoms with Gasteiger partial charge in [-0.05, 0) is 24.6 Å². The topological polar surface area (TPSA) is 72.2 Å². The second-order valence-electron chi connectivity index (χ2n) is 3.28. The molecule has 0 heterocycles. The van der Waals surface area contributed by atoms with Crippen LogP contribution >= 0.6 is 0 Å². The first-order valence-electron chi connectivity index (χ1n) is 4.22. The molecule has 1 aromatic rings. The molecule has 0 saturated heterocycles. The predicted octanol–water partition coefficient (Wildman–Crippen LogP) is 1.08. The summed E-state index contributed by atoms with van der Waals surface area (Å²) in [6, 6.07) is 6.96. The van der Waals surface area contributed by atoms with E-state index in [2.05, 4.69) is 4.72 Å². The third-order valence-electron chi connectivity index (χ3n) is 1.74. The molecule has 14 heavy (non-hydrogen) atoms. The van der Waals surface area contributed by atoms with E-state index in [0.717, 1.165) is 11.8 Å². The van der Waals surface area contributed by atoms with E-state index in [1.165, 1.54) is 0 Å². The molecular formula is C9H14N2O2S. The summed E-state index contributed by atoms with van der Waals surface area (Å²) in [4.78, 5) is 0. The zero-order chi connectivity index (χ0) is 10.8. The summed E-state index contributed by atoms with van der Waals surface area (Å²) < 4.78 is 24.1.